The predicted molar refractivity (Wildman–Crippen MR) is 77.4 cm³/mol. The normalized spacial score (nSPS) is 10.8. The molecule has 8 heteroatoms. The number of hydrogen-bond acceptors (Lipinski definition) is 5. The molecule has 1 aromatic rings. The summed E-state index contributed by atoms with van der Waals surface area (Å²) in [5.74, 6) is -0.936. The molecular weight excluding hydrogens is 292 g/mol. The van der Waals surface area contributed by atoms with Crippen LogP contribution in [0.15, 0.2) is 24.3 Å². The number of nitrogens with zero attached hydrogens (tertiary/aromatic N) is 1. The number of benzene rings is 1. The van der Waals surface area contributed by atoms with E-state index in [1.807, 2.05) is 0 Å². The molecule has 0 spiro atoms. The Balaban J connectivity index is 2.45. The van der Waals surface area contributed by atoms with Crippen molar-refractivity contribution in [2.45, 2.75) is 38.8 Å². The molecule has 120 valence electrons. The van der Waals surface area contributed by atoms with Gasteiger partial charge in [-0.05, 0) is 38.0 Å². The molecule has 0 radical (unpaired) electrons. The van der Waals surface area contributed by atoms with Crippen LogP contribution < -0.4 is 5.32 Å². The molecular formula is C14H18N2O6. The minimum atomic E-state index is -0.936. The first-order chi connectivity index (χ1) is 10.2. The average molecular weight is 310 g/mol. The van der Waals surface area contributed by atoms with E-state index in [-0.39, 0.29) is 25.1 Å². The van der Waals surface area contributed by atoms with E-state index in [0.717, 1.165) is 0 Å². The molecule has 0 unspecified atom stereocenters. The van der Waals surface area contributed by atoms with Gasteiger partial charge < -0.3 is 15.2 Å². The molecule has 1 rings (SSSR count). The van der Waals surface area contributed by atoms with Crippen molar-refractivity contribution in [3.8, 4) is 0 Å². The van der Waals surface area contributed by atoms with Crippen LogP contribution in [0.25, 0.3) is 0 Å². The van der Waals surface area contributed by atoms with Crippen molar-refractivity contribution in [3.05, 3.63) is 39.9 Å². The van der Waals surface area contributed by atoms with E-state index in [9.17, 15) is 19.7 Å². The number of carbonyl (C=O) groups is 2. The van der Waals surface area contributed by atoms with E-state index >= 15 is 0 Å². The maximum Gasteiger partial charge on any atom is 0.407 e. The van der Waals surface area contributed by atoms with Gasteiger partial charge in [-0.1, -0.05) is 0 Å². The second-order valence-electron chi connectivity index (χ2n) is 5.40. The van der Waals surface area contributed by atoms with Crippen LogP contribution >= 0.6 is 0 Å². The minimum absolute atomic E-state index is 0.0289. The van der Waals surface area contributed by atoms with Gasteiger partial charge in [0.25, 0.3) is 5.69 Å². The molecule has 8 nitrogen and oxygen atoms in total. The number of rotatable bonds is 7. The highest BCUT2D eigenvalue weighted by Crippen LogP contribution is 2.14. The van der Waals surface area contributed by atoms with Crippen LogP contribution in [0.1, 0.15) is 32.3 Å². The van der Waals surface area contributed by atoms with Gasteiger partial charge in [0.2, 0.25) is 0 Å². The summed E-state index contributed by atoms with van der Waals surface area (Å²) < 4.78 is 5.00. The zero-order valence-corrected chi connectivity index (χ0v) is 12.4. The number of aliphatic carboxylic acids is 1. The van der Waals surface area contributed by atoms with Crippen LogP contribution in [-0.4, -0.2) is 27.6 Å². The Bertz CT molecular complexity index is 553. The Kier molecular flexibility index (Phi) is 5.85. The van der Waals surface area contributed by atoms with Crippen LogP contribution in [0, 0.1) is 10.1 Å². The second-order valence-corrected chi connectivity index (χ2v) is 5.40. The molecule has 0 aromatic heterocycles. The third kappa shape index (κ3) is 6.21. The van der Waals surface area contributed by atoms with E-state index in [2.05, 4.69) is 5.32 Å². The fourth-order valence-corrected chi connectivity index (χ4v) is 1.66. The van der Waals surface area contributed by atoms with Gasteiger partial charge in [0.1, 0.15) is 6.61 Å². The molecule has 0 fully saturated rings. The summed E-state index contributed by atoms with van der Waals surface area (Å²) in [6.45, 7) is 3.37. The molecule has 0 aliphatic rings. The smallest absolute Gasteiger partial charge is 0.407 e. The third-order valence-corrected chi connectivity index (χ3v) is 2.92. The Morgan fingerprint density at radius 2 is 1.91 bits per heavy atom. The quantitative estimate of drug-likeness (QED) is 0.590. The number of hydrogen-bond donors (Lipinski definition) is 2. The molecule has 2 N–H and O–H groups in total. The predicted octanol–water partition coefficient (Wildman–Crippen LogP) is 2.46. The number of nitrogens with one attached hydrogen (secondary N) is 1. The first-order valence-electron chi connectivity index (χ1n) is 6.60. The van der Waals surface area contributed by atoms with E-state index in [1.54, 1.807) is 13.8 Å². The van der Waals surface area contributed by atoms with Gasteiger partial charge in [0, 0.05) is 24.1 Å². The highest BCUT2D eigenvalue weighted by atomic mass is 16.6. The summed E-state index contributed by atoms with van der Waals surface area (Å²) in [7, 11) is 0. The van der Waals surface area contributed by atoms with Gasteiger partial charge in [0.05, 0.1) is 4.92 Å². The fourth-order valence-electron chi connectivity index (χ4n) is 1.66. The van der Waals surface area contributed by atoms with E-state index < -0.39 is 22.5 Å². The van der Waals surface area contributed by atoms with Crippen LogP contribution in [-0.2, 0) is 16.1 Å². The van der Waals surface area contributed by atoms with Gasteiger partial charge in [-0.3, -0.25) is 14.9 Å². The molecule has 1 aromatic carbocycles. The summed E-state index contributed by atoms with van der Waals surface area (Å²) in [5, 5.41) is 21.7. The lowest BCUT2D eigenvalue weighted by Gasteiger charge is -2.25. The zero-order valence-electron chi connectivity index (χ0n) is 12.4. The summed E-state index contributed by atoms with van der Waals surface area (Å²) in [4.78, 5) is 32.2. The summed E-state index contributed by atoms with van der Waals surface area (Å²) in [5.41, 5.74) is -0.127. The van der Waals surface area contributed by atoms with Gasteiger partial charge in [-0.2, -0.15) is 0 Å². The van der Waals surface area contributed by atoms with Crippen LogP contribution in [0.5, 0.6) is 0 Å². The lowest BCUT2D eigenvalue weighted by molar-refractivity contribution is -0.384. The standard InChI is InChI=1S/C14H18N2O6/c1-14(2,8-7-12(17)18)15-13(19)22-9-10-3-5-11(6-4-10)16(20)21/h3-6H,7-9H2,1-2H3,(H,15,19)(H,17,18). The Labute approximate surface area is 127 Å². The fraction of sp³-hybridized carbons (Fsp3) is 0.429. The Morgan fingerprint density at radius 3 is 2.41 bits per heavy atom. The molecule has 0 saturated carbocycles. The Morgan fingerprint density at radius 1 is 1.32 bits per heavy atom. The van der Waals surface area contributed by atoms with Crippen molar-refractivity contribution >= 4 is 17.7 Å². The SMILES string of the molecule is CC(C)(CCC(=O)O)NC(=O)OCc1ccc([N+](=O)[O-])cc1. The first kappa shape index (κ1) is 17.4. The van der Waals surface area contributed by atoms with Crippen molar-refractivity contribution < 1.29 is 24.4 Å². The summed E-state index contributed by atoms with van der Waals surface area (Å²) >= 11 is 0. The second kappa shape index (κ2) is 7.39. The average Bonchev–Trinajstić information content (AvgIpc) is 2.43. The molecule has 0 bridgehead atoms. The van der Waals surface area contributed by atoms with Crippen molar-refractivity contribution in [2.75, 3.05) is 0 Å². The number of nitro benzene ring substituents is 1. The topological polar surface area (TPSA) is 119 Å². The molecule has 22 heavy (non-hydrogen) atoms. The van der Waals surface area contributed by atoms with E-state index in [1.165, 1.54) is 24.3 Å². The van der Waals surface area contributed by atoms with Gasteiger partial charge >= 0.3 is 12.1 Å². The van der Waals surface area contributed by atoms with Crippen molar-refractivity contribution in [2.24, 2.45) is 0 Å². The molecule has 0 aliphatic heterocycles. The van der Waals surface area contributed by atoms with Gasteiger partial charge in [0.15, 0.2) is 0 Å². The summed E-state index contributed by atoms with van der Waals surface area (Å²) in [6.07, 6.45) is -0.460. The zero-order chi connectivity index (χ0) is 16.8. The number of ether oxygens (including phenoxy) is 1. The van der Waals surface area contributed by atoms with E-state index in [0.29, 0.717) is 5.56 Å². The van der Waals surface area contributed by atoms with Crippen molar-refractivity contribution in [1.82, 2.24) is 5.32 Å². The maximum absolute atomic E-state index is 11.7. The largest absolute Gasteiger partial charge is 0.481 e. The molecule has 0 heterocycles. The highest BCUT2D eigenvalue weighted by molar-refractivity contribution is 5.69. The number of carboxylic acid groups (broad SMARTS) is 1. The number of carboxylic acids is 1. The number of carbonyl (C=O) groups excluding carboxylic acids is 1. The number of amides is 1. The summed E-state index contributed by atoms with van der Waals surface area (Å²) in [6, 6.07) is 5.66. The highest BCUT2D eigenvalue weighted by Gasteiger charge is 2.22. The minimum Gasteiger partial charge on any atom is -0.481 e. The Hall–Kier alpha value is -2.64. The van der Waals surface area contributed by atoms with Crippen LogP contribution in [0.2, 0.25) is 0 Å². The van der Waals surface area contributed by atoms with Crippen molar-refractivity contribution in [1.29, 1.82) is 0 Å². The number of non-ortho nitro benzene ring substituents is 1. The molecule has 0 atom stereocenters. The van der Waals surface area contributed by atoms with Gasteiger partial charge in [-0.15, -0.1) is 0 Å². The third-order valence-electron chi connectivity index (χ3n) is 2.92. The molecule has 0 aliphatic carbocycles. The first-order valence-corrected chi connectivity index (χ1v) is 6.60. The van der Waals surface area contributed by atoms with Crippen molar-refractivity contribution in [3.63, 3.8) is 0 Å². The van der Waals surface area contributed by atoms with Crippen LogP contribution in [0.3, 0.4) is 0 Å². The van der Waals surface area contributed by atoms with E-state index in [4.69, 9.17) is 9.84 Å². The van der Waals surface area contributed by atoms with Crippen LogP contribution in [0.4, 0.5) is 10.5 Å². The lowest BCUT2D eigenvalue weighted by Crippen LogP contribution is -2.43. The maximum atomic E-state index is 11.7. The van der Waals surface area contributed by atoms with Gasteiger partial charge in [-0.25, -0.2) is 4.79 Å². The monoisotopic (exact) mass is 310 g/mol. The number of alkyl carbamates (subject to hydrolysis) is 1. The lowest BCUT2D eigenvalue weighted by atomic mass is 9.99. The molecule has 1 amide bonds. The molecule has 0 saturated heterocycles. The number of nitro groups is 1.